The molecule has 1 aromatic heterocycles. The Labute approximate surface area is 146 Å². The number of rotatable bonds is 7. The summed E-state index contributed by atoms with van der Waals surface area (Å²) < 4.78 is 1.78. The summed E-state index contributed by atoms with van der Waals surface area (Å²) in [4.78, 5) is 11.9. The van der Waals surface area contributed by atoms with E-state index >= 15 is 0 Å². The monoisotopic (exact) mass is 354 g/mol. The Bertz CT molecular complexity index is 685. The molecule has 5 nitrogen and oxygen atoms in total. The first-order valence-corrected chi connectivity index (χ1v) is 8.16. The molecule has 0 unspecified atom stereocenters. The van der Waals surface area contributed by atoms with Crippen LogP contribution in [0.15, 0.2) is 24.3 Å². The first kappa shape index (κ1) is 17.6. The molecule has 0 saturated heterocycles. The summed E-state index contributed by atoms with van der Waals surface area (Å²) in [5.41, 5.74) is 1.88. The maximum atomic E-state index is 11.9. The van der Waals surface area contributed by atoms with Crippen molar-refractivity contribution in [2.45, 2.75) is 19.8 Å². The van der Waals surface area contributed by atoms with Crippen molar-refractivity contribution in [1.82, 2.24) is 15.1 Å². The maximum absolute atomic E-state index is 11.9. The van der Waals surface area contributed by atoms with Crippen LogP contribution in [-0.2, 0) is 18.3 Å². The van der Waals surface area contributed by atoms with Gasteiger partial charge in [-0.2, -0.15) is 5.10 Å². The number of hydrogen-bond acceptors (Lipinski definition) is 3. The molecule has 2 rings (SSSR count). The first-order chi connectivity index (χ1) is 11.0. The number of amides is 1. The molecule has 0 radical (unpaired) electrons. The zero-order valence-corrected chi connectivity index (χ0v) is 14.7. The number of benzene rings is 1. The quantitative estimate of drug-likeness (QED) is 0.750. The lowest BCUT2D eigenvalue weighted by atomic mass is 10.1. The zero-order chi connectivity index (χ0) is 16.8. The van der Waals surface area contributed by atoms with Crippen molar-refractivity contribution in [2.75, 3.05) is 18.4 Å². The van der Waals surface area contributed by atoms with Crippen LogP contribution in [-0.4, -0.2) is 28.8 Å². The van der Waals surface area contributed by atoms with Crippen molar-refractivity contribution in [2.24, 2.45) is 7.05 Å². The van der Waals surface area contributed by atoms with Gasteiger partial charge < -0.3 is 10.6 Å². The van der Waals surface area contributed by atoms with E-state index in [4.69, 9.17) is 23.2 Å². The number of nitrogens with one attached hydrogen (secondary N) is 2. The number of hydrogen-bond donors (Lipinski definition) is 2. The molecule has 2 N–H and O–H groups in total. The fraction of sp³-hybridized carbons (Fsp3) is 0.375. The molecule has 0 aliphatic carbocycles. The Morgan fingerprint density at radius 2 is 2.04 bits per heavy atom. The van der Waals surface area contributed by atoms with Gasteiger partial charge >= 0.3 is 0 Å². The molecule has 2 aromatic rings. The minimum atomic E-state index is -0.000923. The molecule has 7 heteroatoms. The standard InChI is InChI=1S/C16H20Cl2N4O/c1-11-9-15(22(2)21-11)19-7-8-20-16(23)6-4-12-3-5-13(17)10-14(12)18/h3,5,9-10,19H,4,6-8H2,1-2H3,(H,20,23). The molecule has 23 heavy (non-hydrogen) atoms. The van der Waals surface area contributed by atoms with Crippen LogP contribution in [0.2, 0.25) is 10.0 Å². The van der Waals surface area contributed by atoms with E-state index < -0.39 is 0 Å². The van der Waals surface area contributed by atoms with E-state index in [0.29, 0.717) is 36.0 Å². The third-order valence-electron chi connectivity index (χ3n) is 3.39. The van der Waals surface area contributed by atoms with Gasteiger partial charge in [0.05, 0.1) is 5.69 Å². The van der Waals surface area contributed by atoms with E-state index in [0.717, 1.165) is 17.1 Å². The molecule has 0 bridgehead atoms. The number of nitrogens with zero attached hydrogens (tertiary/aromatic N) is 2. The molecular weight excluding hydrogens is 335 g/mol. The Kier molecular flexibility index (Phi) is 6.30. The molecule has 1 amide bonds. The molecule has 0 aliphatic rings. The Morgan fingerprint density at radius 1 is 1.26 bits per heavy atom. The van der Waals surface area contributed by atoms with Crippen molar-refractivity contribution in [3.05, 3.63) is 45.6 Å². The van der Waals surface area contributed by atoms with Crippen LogP contribution in [0, 0.1) is 6.92 Å². The van der Waals surface area contributed by atoms with Gasteiger partial charge in [0.2, 0.25) is 5.91 Å². The molecular formula is C16H20Cl2N4O. The van der Waals surface area contributed by atoms with E-state index in [1.807, 2.05) is 26.1 Å². The highest BCUT2D eigenvalue weighted by Gasteiger charge is 2.06. The summed E-state index contributed by atoms with van der Waals surface area (Å²) in [6.07, 6.45) is 0.988. The van der Waals surface area contributed by atoms with E-state index in [2.05, 4.69) is 15.7 Å². The minimum absolute atomic E-state index is 0.000923. The van der Waals surface area contributed by atoms with Gasteiger partial charge in [-0.3, -0.25) is 9.48 Å². The molecule has 1 heterocycles. The third-order valence-corrected chi connectivity index (χ3v) is 3.98. The normalized spacial score (nSPS) is 10.6. The zero-order valence-electron chi connectivity index (χ0n) is 13.2. The number of halogens is 2. The van der Waals surface area contributed by atoms with Gasteiger partial charge in [-0.1, -0.05) is 29.3 Å². The van der Waals surface area contributed by atoms with Crippen LogP contribution in [0.5, 0.6) is 0 Å². The van der Waals surface area contributed by atoms with Gasteiger partial charge in [0.15, 0.2) is 0 Å². The summed E-state index contributed by atoms with van der Waals surface area (Å²) in [7, 11) is 1.88. The molecule has 124 valence electrons. The second-order valence-electron chi connectivity index (χ2n) is 5.31. The average Bonchev–Trinajstić information content (AvgIpc) is 2.80. The van der Waals surface area contributed by atoms with Crippen LogP contribution in [0.4, 0.5) is 5.82 Å². The summed E-state index contributed by atoms with van der Waals surface area (Å²) >= 11 is 11.9. The number of carbonyl (C=O) groups is 1. The lowest BCUT2D eigenvalue weighted by Gasteiger charge is -2.08. The number of carbonyl (C=O) groups excluding carboxylic acids is 1. The summed E-state index contributed by atoms with van der Waals surface area (Å²) in [6, 6.07) is 7.28. The number of aromatic nitrogens is 2. The molecule has 1 aromatic carbocycles. The van der Waals surface area contributed by atoms with E-state index in [-0.39, 0.29) is 5.91 Å². The molecule has 0 atom stereocenters. The summed E-state index contributed by atoms with van der Waals surface area (Å²) in [6.45, 7) is 3.14. The predicted octanol–water partition coefficient (Wildman–Crippen LogP) is 3.20. The van der Waals surface area contributed by atoms with Crippen LogP contribution in [0.25, 0.3) is 0 Å². The van der Waals surface area contributed by atoms with Crippen molar-refractivity contribution in [1.29, 1.82) is 0 Å². The second-order valence-corrected chi connectivity index (χ2v) is 6.15. The SMILES string of the molecule is Cc1cc(NCCNC(=O)CCc2ccc(Cl)cc2Cl)n(C)n1. The highest BCUT2D eigenvalue weighted by Crippen LogP contribution is 2.21. The smallest absolute Gasteiger partial charge is 0.220 e. The van der Waals surface area contributed by atoms with Crippen LogP contribution < -0.4 is 10.6 Å². The van der Waals surface area contributed by atoms with Crippen LogP contribution in [0.1, 0.15) is 17.7 Å². The van der Waals surface area contributed by atoms with Crippen molar-refractivity contribution < 1.29 is 4.79 Å². The van der Waals surface area contributed by atoms with E-state index in [1.165, 1.54) is 0 Å². The Hall–Kier alpha value is -1.72. The Morgan fingerprint density at radius 3 is 2.70 bits per heavy atom. The van der Waals surface area contributed by atoms with E-state index in [9.17, 15) is 4.79 Å². The third kappa shape index (κ3) is 5.44. The van der Waals surface area contributed by atoms with Gasteiger partial charge in [-0.25, -0.2) is 0 Å². The van der Waals surface area contributed by atoms with Crippen molar-refractivity contribution in [3.8, 4) is 0 Å². The van der Waals surface area contributed by atoms with Gasteiger partial charge in [0.1, 0.15) is 5.82 Å². The largest absolute Gasteiger partial charge is 0.369 e. The average molecular weight is 355 g/mol. The van der Waals surface area contributed by atoms with E-state index in [1.54, 1.807) is 16.8 Å². The molecule has 0 spiro atoms. The van der Waals surface area contributed by atoms with Crippen LogP contribution >= 0.6 is 23.2 Å². The minimum Gasteiger partial charge on any atom is -0.369 e. The van der Waals surface area contributed by atoms with Crippen LogP contribution in [0.3, 0.4) is 0 Å². The van der Waals surface area contributed by atoms with Gasteiger partial charge in [0, 0.05) is 42.7 Å². The Balaban J connectivity index is 1.68. The predicted molar refractivity (Wildman–Crippen MR) is 94.2 cm³/mol. The molecule has 0 fully saturated rings. The summed E-state index contributed by atoms with van der Waals surface area (Å²) in [5, 5.41) is 11.5. The van der Waals surface area contributed by atoms with Gasteiger partial charge in [0.25, 0.3) is 0 Å². The maximum Gasteiger partial charge on any atom is 0.220 e. The summed E-state index contributed by atoms with van der Waals surface area (Å²) in [5.74, 6) is 0.934. The number of aryl methyl sites for hydroxylation is 3. The topological polar surface area (TPSA) is 58.9 Å². The molecule has 0 saturated carbocycles. The molecule has 0 aliphatic heterocycles. The second kappa shape index (κ2) is 8.22. The lowest BCUT2D eigenvalue weighted by Crippen LogP contribution is -2.29. The number of anilines is 1. The first-order valence-electron chi connectivity index (χ1n) is 7.41. The highest BCUT2D eigenvalue weighted by atomic mass is 35.5. The van der Waals surface area contributed by atoms with Crippen molar-refractivity contribution >= 4 is 34.9 Å². The van der Waals surface area contributed by atoms with Gasteiger partial charge in [-0.05, 0) is 31.0 Å². The van der Waals surface area contributed by atoms with Gasteiger partial charge in [-0.15, -0.1) is 0 Å². The lowest BCUT2D eigenvalue weighted by molar-refractivity contribution is -0.120. The fourth-order valence-corrected chi connectivity index (χ4v) is 2.73. The van der Waals surface area contributed by atoms with Crippen molar-refractivity contribution in [3.63, 3.8) is 0 Å². The highest BCUT2D eigenvalue weighted by molar-refractivity contribution is 6.35. The fourth-order valence-electron chi connectivity index (χ4n) is 2.23.